The first-order valence-electron chi connectivity index (χ1n) is 8.57. The highest BCUT2D eigenvalue weighted by molar-refractivity contribution is 5.87. The molecule has 0 bridgehead atoms. The standard InChI is InChI=1S/C10H16O2.C9H16O2/c1-8(2)10(11)12-9-6-4-3-5-7-9;1-4-5-6-7-11-9(10)8(2)3/h9H,1,3-7H2,2H3;2,4-7H2,1,3H3. The molecule has 0 atom stereocenters. The fourth-order valence-electron chi connectivity index (χ4n) is 2.08. The molecule has 1 fully saturated rings. The molecule has 0 saturated heterocycles. The van der Waals surface area contributed by atoms with Crippen LogP contribution in [0.25, 0.3) is 0 Å². The first kappa shape index (κ1) is 21.4. The second-order valence-electron chi connectivity index (χ2n) is 6.07. The molecule has 1 saturated carbocycles. The molecule has 0 radical (unpaired) electrons. The summed E-state index contributed by atoms with van der Waals surface area (Å²) in [5, 5.41) is 0. The Hall–Kier alpha value is -1.58. The first-order valence-corrected chi connectivity index (χ1v) is 8.57. The molecule has 0 N–H and O–H groups in total. The lowest BCUT2D eigenvalue weighted by Crippen LogP contribution is -2.20. The van der Waals surface area contributed by atoms with E-state index in [0.717, 1.165) is 32.1 Å². The summed E-state index contributed by atoms with van der Waals surface area (Å²) in [6.45, 7) is 13.0. The number of unbranched alkanes of at least 4 members (excludes halogenated alkanes) is 2. The summed E-state index contributed by atoms with van der Waals surface area (Å²) < 4.78 is 10.1. The molecule has 1 aliphatic rings. The van der Waals surface area contributed by atoms with Gasteiger partial charge in [-0.25, -0.2) is 9.59 Å². The normalized spacial score (nSPS) is 14.2. The zero-order chi connectivity index (χ0) is 17.7. The minimum Gasteiger partial charge on any atom is -0.462 e. The van der Waals surface area contributed by atoms with E-state index in [-0.39, 0.29) is 18.0 Å². The summed E-state index contributed by atoms with van der Waals surface area (Å²) in [4.78, 5) is 21.9. The Balaban J connectivity index is 0.000000423. The molecule has 0 aromatic carbocycles. The predicted molar refractivity (Wildman–Crippen MR) is 93.1 cm³/mol. The lowest BCUT2D eigenvalue weighted by atomic mass is 9.98. The number of rotatable bonds is 7. The fourth-order valence-corrected chi connectivity index (χ4v) is 2.08. The van der Waals surface area contributed by atoms with E-state index in [1.165, 1.54) is 19.3 Å². The maximum atomic E-state index is 11.1. The van der Waals surface area contributed by atoms with Crippen LogP contribution in [-0.4, -0.2) is 24.6 Å². The van der Waals surface area contributed by atoms with Gasteiger partial charge in [-0.05, 0) is 46.0 Å². The van der Waals surface area contributed by atoms with Gasteiger partial charge in [-0.2, -0.15) is 0 Å². The topological polar surface area (TPSA) is 52.6 Å². The third kappa shape index (κ3) is 11.6. The number of carbonyl (C=O) groups excluding carboxylic acids is 2. The van der Waals surface area contributed by atoms with Gasteiger partial charge in [0.15, 0.2) is 0 Å². The summed E-state index contributed by atoms with van der Waals surface area (Å²) in [5.74, 6) is -0.511. The van der Waals surface area contributed by atoms with E-state index in [2.05, 4.69) is 20.1 Å². The molecule has 1 rings (SSSR count). The van der Waals surface area contributed by atoms with E-state index in [1.807, 2.05) is 0 Å². The molecule has 0 unspecified atom stereocenters. The average molecular weight is 324 g/mol. The van der Waals surface area contributed by atoms with Crippen LogP contribution in [0.15, 0.2) is 24.3 Å². The van der Waals surface area contributed by atoms with Crippen molar-refractivity contribution in [3.05, 3.63) is 24.3 Å². The third-order valence-electron chi connectivity index (χ3n) is 3.50. The summed E-state index contributed by atoms with van der Waals surface area (Å²) in [6, 6.07) is 0. The van der Waals surface area contributed by atoms with Crippen LogP contribution in [0.1, 0.15) is 72.1 Å². The molecule has 0 aromatic rings. The highest BCUT2D eigenvalue weighted by atomic mass is 16.5. The van der Waals surface area contributed by atoms with Crippen molar-refractivity contribution in [2.75, 3.05) is 6.61 Å². The number of hydrogen-bond donors (Lipinski definition) is 0. The Kier molecular flexibility index (Phi) is 12.0. The molecule has 0 heterocycles. The molecule has 0 aromatic heterocycles. The van der Waals surface area contributed by atoms with Gasteiger partial charge in [0.05, 0.1) is 6.61 Å². The van der Waals surface area contributed by atoms with Crippen molar-refractivity contribution < 1.29 is 19.1 Å². The van der Waals surface area contributed by atoms with Gasteiger partial charge in [-0.15, -0.1) is 0 Å². The second kappa shape index (κ2) is 12.9. The van der Waals surface area contributed by atoms with Gasteiger partial charge in [0.2, 0.25) is 0 Å². The van der Waals surface area contributed by atoms with Crippen LogP contribution in [0.2, 0.25) is 0 Å². The quantitative estimate of drug-likeness (QED) is 0.386. The van der Waals surface area contributed by atoms with Crippen LogP contribution < -0.4 is 0 Å². The van der Waals surface area contributed by atoms with E-state index in [1.54, 1.807) is 13.8 Å². The molecular formula is C19H32O4. The number of carbonyl (C=O) groups is 2. The van der Waals surface area contributed by atoms with Gasteiger partial charge in [-0.3, -0.25) is 0 Å². The van der Waals surface area contributed by atoms with Crippen molar-refractivity contribution >= 4 is 11.9 Å². The van der Waals surface area contributed by atoms with Crippen molar-refractivity contribution in [3.63, 3.8) is 0 Å². The molecule has 0 spiro atoms. The summed E-state index contributed by atoms with van der Waals surface area (Å²) in [6.07, 6.45) is 9.08. The van der Waals surface area contributed by atoms with E-state index in [9.17, 15) is 9.59 Å². The fraction of sp³-hybridized carbons (Fsp3) is 0.684. The van der Waals surface area contributed by atoms with Crippen LogP contribution in [0, 0.1) is 0 Å². The molecule has 4 heteroatoms. The smallest absolute Gasteiger partial charge is 0.333 e. The Labute approximate surface area is 140 Å². The van der Waals surface area contributed by atoms with Crippen LogP contribution in [0.4, 0.5) is 0 Å². The van der Waals surface area contributed by atoms with Gasteiger partial charge >= 0.3 is 11.9 Å². The second-order valence-corrected chi connectivity index (χ2v) is 6.07. The Bertz CT molecular complexity index is 392. The Morgan fingerprint density at radius 2 is 1.52 bits per heavy atom. The lowest BCUT2D eigenvalue weighted by molar-refractivity contribution is -0.145. The van der Waals surface area contributed by atoms with Gasteiger partial charge in [0.1, 0.15) is 6.10 Å². The molecule has 23 heavy (non-hydrogen) atoms. The van der Waals surface area contributed by atoms with Crippen LogP contribution in [-0.2, 0) is 19.1 Å². The molecule has 4 nitrogen and oxygen atoms in total. The first-order chi connectivity index (χ1) is 10.9. The maximum absolute atomic E-state index is 11.1. The van der Waals surface area contributed by atoms with Crippen molar-refractivity contribution in [2.45, 2.75) is 78.2 Å². The maximum Gasteiger partial charge on any atom is 0.333 e. The van der Waals surface area contributed by atoms with Crippen molar-refractivity contribution in [1.29, 1.82) is 0 Å². The number of esters is 2. The summed E-state index contributed by atoms with van der Waals surface area (Å²) in [7, 11) is 0. The molecule has 0 aliphatic heterocycles. The summed E-state index contributed by atoms with van der Waals surface area (Å²) >= 11 is 0. The minimum atomic E-state index is -0.277. The molecule has 132 valence electrons. The van der Waals surface area contributed by atoms with E-state index in [4.69, 9.17) is 9.47 Å². The van der Waals surface area contributed by atoms with Crippen LogP contribution in [0.3, 0.4) is 0 Å². The zero-order valence-electron chi connectivity index (χ0n) is 15.0. The van der Waals surface area contributed by atoms with E-state index < -0.39 is 0 Å². The third-order valence-corrected chi connectivity index (χ3v) is 3.50. The van der Waals surface area contributed by atoms with Crippen molar-refractivity contribution in [2.24, 2.45) is 0 Å². The zero-order valence-corrected chi connectivity index (χ0v) is 15.0. The average Bonchev–Trinajstić information content (AvgIpc) is 2.52. The summed E-state index contributed by atoms with van der Waals surface area (Å²) in [5.41, 5.74) is 0.974. The van der Waals surface area contributed by atoms with Crippen molar-refractivity contribution in [1.82, 2.24) is 0 Å². The number of hydrogen-bond acceptors (Lipinski definition) is 4. The predicted octanol–water partition coefficient (Wildman–Crippen LogP) is 4.73. The monoisotopic (exact) mass is 324 g/mol. The Morgan fingerprint density at radius 3 is 2.00 bits per heavy atom. The van der Waals surface area contributed by atoms with Gasteiger partial charge in [0, 0.05) is 11.1 Å². The SMILES string of the molecule is C=C(C)C(=O)OC1CCCCC1.C=C(C)C(=O)OCCCCC. The highest BCUT2D eigenvalue weighted by Crippen LogP contribution is 2.20. The van der Waals surface area contributed by atoms with Crippen LogP contribution >= 0.6 is 0 Å². The van der Waals surface area contributed by atoms with E-state index >= 15 is 0 Å². The molecule has 0 amide bonds. The largest absolute Gasteiger partial charge is 0.462 e. The van der Waals surface area contributed by atoms with Gasteiger partial charge in [0.25, 0.3) is 0 Å². The Morgan fingerprint density at radius 1 is 0.957 bits per heavy atom. The number of ether oxygens (including phenoxy) is 2. The highest BCUT2D eigenvalue weighted by Gasteiger charge is 2.17. The van der Waals surface area contributed by atoms with Crippen molar-refractivity contribution in [3.8, 4) is 0 Å². The minimum absolute atomic E-state index is 0.156. The van der Waals surface area contributed by atoms with E-state index in [0.29, 0.717) is 17.8 Å². The lowest BCUT2D eigenvalue weighted by Gasteiger charge is -2.21. The van der Waals surface area contributed by atoms with Gasteiger partial charge < -0.3 is 9.47 Å². The molecular weight excluding hydrogens is 292 g/mol. The van der Waals surface area contributed by atoms with Gasteiger partial charge in [-0.1, -0.05) is 39.3 Å². The molecule has 1 aliphatic carbocycles. The van der Waals surface area contributed by atoms with Crippen LogP contribution in [0.5, 0.6) is 0 Å².